The van der Waals surface area contributed by atoms with Gasteiger partial charge in [-0.25, -0.2) is 0 Å². The molecule has 4 heteroatoms. The Bertz CT molecular complexity index is 240. The summed E-state index contributed by atoms with van der Waals surface area (Å²) < 4.78 is 0. The predicted octanol–water partition coefficient (Wildman–Crippen LogP) is 0.585. The van der Waals surface area contributed by atoms with Crippen molar-refractivity contribution in [3.8, 4) is 0 Å². The number of rotatable bonds is 4. The topological polar surface area (TPSA) is 44.4 Å². The lowest BCUT2D eigenvalue weighted by molar-refractivity contribution is -0.124. The van der Waals surface area contributed by atoms with E-state index in [1.807, 2.05) is 0 Å². The van der Waals surface area contributed by atoms with Crippen molar-refractivity contribution in [2.75, 3.05) is 26.2 Å². The third kappa shape index (κ3) is 4.10. The molecule has 0 radical (unpaired) electrons. The molecule has 2 N–H and O–H groups in total. The summed E-state index contributed by atoms with van der Waals surface area (Å²) in [6.07, 6.45) is 0.954. The lowest BCUT2D eigenvalue weighted by atomic mass is 10.0. The summed E-state index contributed by atoms with van der Waals surface area (Å²) in [6, 6.07) is 0.448. The average molecular weight is 227 g/mol. The Morgan fingerprint density at radius 1 is 1.56 bits per heavy atom. The van der Waals surface area contributed by atoms with Gasteiger partial charge in [-0.05, 0) is 27.2 Å². The molecule has 0 saturated carbocycles. The highest BCUT2D eigenvalue weighted by Gasteiger charge is 2.23. The maximum absolute atomic E-state index is 11.9. The molecule has 1 aliphatic rings. The highest BCUT2D eigenvalue weighted by molar-refractivity contribution is 5.78. The van der Waals surface area contributed by atoms with Crippen LogP contribution in [0.3, 0.4) is 0 Å². The molecular formula is C12H25N3O. The monoisotopic (exact) mass is 227 g/mol. The summed E-state index contributed by atoms with van der Waals surface area (Å²) in [4.78, 5) is 14.1. The molecule has 0 unspecified atom stereocenters. The van der Waals surface area contributed by atoms with Crippen LogP contribution in [0.4, 0.5) is 0 Å². The Labute approximate surface area is 98.8 Å². The zero-order valence-corrected chi connectivity index (χ0v) is 11.0. The van der Waals surface area contributed by atoms with Crippen molar-refractivity contribution in [3.05, 3.63) is 0 Å². The fraction of sp³-hybridized carbons (Fsp3) is 0.917. The molecular weight excluding hydrogens is 202 g/mol. The van der Waals surface area contributed by atoms with Gasteiger partial charge in [-0.2, -0.15) is 0 Å². The zero-order chi connectivity index (χ0) is 12.2. The smallest absolute Gasteiger partial charge is 0.234 e. The second-order valence-corrected chi connectivity index (χ2v) is 5.31. The van der Waals surface area contributed by atoms with E-state index in [0.29, 0.717) is 12.6 Å². The molecule has 16 heavy (non-hydrogen) atoms. The lowest BCUT2D eigenvalue weighted by Gasteiger charge is -2.34. The van der Waals surface area contributed by atoms with E-state index in [4.69, 9.17) is 0 Å². The molecule has 4 nitrogen and oxygen atoms in total. The molecule has 1 atom stereocenters. The van der Waals surface area contributed by atoms with Gasteiger partial charge in [0.25, 0.3) is 0 Å². The maximum Gasteiger partial charge on any atom is 0.234 e. The second-order valence-electron chi connectivity index (χ2n) is 5.31. The normalized spacial score (nSPS) is 23.1. The molecule has 1 heterocycles. The van der Waals surface area contributed by atoms with E-state index in [1.54, 1.807) is 0 Å². The molecule has 1 amide bonds. The van der Waals surface area contributed by atoms with Gasteiger partial charge in [0.1, 0.15) is 0 Å². The van der Waals surface area contributed by atoms with Gasteiger partial charge in [-0.15, -0.1) is 0 Å². The maximum atomic E-state index is 11.9. The number of piperazine rings is 1. The molecule has 0 aromatic rings. The molecule has 1 saturated heterocycles. The Hall–Kier alpha value is -0.610. The van der Waals surface area contributed by atoms with Crippen molar-refractivity contribution in [2.45, 2.75) is 45.7 Å². The first-order valence-corrected chi connectivity index (χ1v) is 6.20. The van der Waals surface area contributed by atoms with Gasteiger partial charge in [-0.3, -0.25) is 9.69 Å². The van der Waals surface area contributed by atoms with Crippen molar-refractivity contribution in [2.24, 2.45) is 0 Å². The van der Waals surface area contributed by atoms with Gasteiger partial charge >= 0.3 is 0 Å². The Balaban J connectivity index is 2.38. The number of hydrogen-bond donors (Lipinski definition) is 2. The first-order chi connectivity index (χ1) is 7.44. The van der Waals surface area contributed by atoms with Crippen molar-refractivity contribution < 1.29 is 4.79 Å². The third-order valence-electron chi connectivity index (χ3n) is 3.35. The van der Waals surface area contributed by atoms with Gasteiger partial charge in [0.15, 0.2) is 0 Å². The highest BCUT2D eigenvalue weighted by atomic mass is 16.2. The molecule has 1 fully saturated rings. The standard InChI is InChI=1S/C12H25N3O/c1-5-12(3,4)14-11(16)9-15-7-6-13-8-10(15)2/h10,13H,5-9H2,1-4H3,(H,14,16)/t10-/m1/s1. The van der Waals surface area contributed by atoms with Crippen LogP contribution >= 0.6 is 0 Å². The van der Waals surface area contributed by atoms with E-state index in [1.165, 1.54) is 0 Å². The minimum absolute atomic E-state index is 0.0889. The SMILES string of the molecule is CCC(C)(C)NC(=O)CN1CCNC[C@H]1C. The molecule has 1 rings (SSSR count). The summed E-state index contributed by atoms with van der Waals surface area (Å²) >= 11 is 0. The van der Waals surface area contributed by atoms with Crippen LogP contribution in [0.1, 0.15) is 34.1 Å². The minimum Gasteiger partial charge on any atom is -0.350 e. The predicted molar refractivity (Wildman–Crippen MR) is 66.4 cm³/mol. The van der Waals surface area contributed by atoms with E-state index in [2.05, 4.69) is 43.2 Å². The van der Waals surface area contributed by atoms with E-state index in [0.717, 1.165) is 26.1 Å². The van der Waals surface area contributed by atoms with Gasteiger partial charge in [0.2, 0.25) is 5.91 Å². The van der Waals surface area contributed by atoms with Gasteiger partial charge in [0, 0.05) is 31.2 Å². The Morgan fingerprint density at radius 3 is 2.81 bits per heavy atom. The van der Waals surface area contributed by atoms with Crippen LogP contribution in [0.5, 0.6) is 0 Å². The first kappa shape index (κ1) is 13.5. The average Bonchev–Trinajstić information content (AvgIpc) is 2.21. The number of nitrogens with zero attached hydrogens (tertiary/aromatic N) is 1. The third-order valence-corrected chi connectivity index (χ3v) is 3.35. The van der Waals surface area contributed by atoms with E-state index in [-0.39, 0.29) is 11.4 Å². The number of hydrogen-bond acceptors (Lipinski definition) is 3. The Kier molecular flexibility index (Phi) is 4.74. The van der Waals surface area contributed by atoms with Gasteiger partial charge < -0.3 is 10.6 Å². The van der Waals surface area contributed by atoms with Crippen molar-refractivity contribution in [1.29, 1.82) is 0 Å². The van der Waals surface area contributed by atoms with E-state index < -0.39 is 0 Å². The van der Waals surface area contributed by atoms with Crippen LogP contribution < -0.4 is 10.6 Å². The van der Waals surface area contributed by atoms with E-state index in [9.17, 15) is 4.79 Å². The molecule has 0 spiro atoms. The zero-order valence-electron chi connectivity index (χ0n) is 11.0. The highest BCUT2D eigenvalue weighted by Crippen LogP contribution is 2.07. The van der Waals surface area contributed by atoms with Crippen molar-refractivity contribution in [3.63, 3.8) is 0 Å². The minimum atomic E-state index is -0.0889. The van der Waals surface area contributed by atoms with Crippen LogP contribution in [0, 0.1) is 0 Å². The van der Waals surface area contributed by atoms with Crippen molar-refractivity contribution in [1.82, 2.24) is 15.5 Å². The summed E-state index contributed by atoms with van der Waals surface area (Å²) in [6.45, 7) is 11.8. The van der Waals surface area contributed by atoms with Crippen LogP contribution in [0.2, 0.25) is 0 Å². The summed E-state index contributed by atoms with van der Waals surface area (Å²) in [7, 11) is 0. The summed E-state index contributed by atoms with van der Waals surface area (Å²) in [5.41, 5.74) is -0.0889. The van der Waals surface area contributed by atoms with Crippen LogP contribution in [0.15, 0.2) is 0 Å². The largest absolute Gasteiger partial charge is 0.350 e. The fourth-order valence-corrected chi connectivity index (χ4v) is 1.81. The second kappa shape index (κ2) is 5.64. The molecule has 0 aliphatic carbocycles. The summed E-state index contributed by atoms with van der Waals surface area (Å²) in [5, 5.41) is 6.40. The van der Waals surface area contributed by atoms with Gasteiger partial charge in [0.05, 0.1) is 6.54 Å². The summed E-state index contributed by atoms with van der Waals surface area (Å²) in [5.74, 6) is 0.139. The molecule has 0 aromatic heterocycles. The molecule has 1 aliphatic heterocycles. The molecule has 0 bridgehead atoms. The van der Waals surface area contributed by atoms with Crippen LogP contribution in [0.25, 0.3) is 0 Å². The quantitative estimate of drug-likeness (QED) is 0.738. The molecule has 0 aromatic carbocycles. The lowest BCUT2D eigenvalue weighted by Crippen LogP contribution is -2.54. The number of carbonyl (C=O) groups is 1. The van der Waals surface area contributed by atoms with Crippen LogP contribution in [-0.4, -0.2) is 48.6 Å². The number of carbonyl (C=O) groups excluding carboxylic acids is 1. The Morgan fingerprint density at radius 2 is 2.25 bits per heavy atom. The van der Waals surface area contributed by atoms with Crippen LogP contribution in [-0.2, 0) is 4.79 Å². The number of amides is 1. The molecule has 94 valence electrons. The van der Waals surface area contributed by atoms with Gasteiger partial charge in [-0.1, -0.05) is 6.92 Å². The fourth-order valence-electron chi connectivity index (χ4n) is 1.81. The first-order valence-electron chi connectivity index (χ1n) is 6.20. The van der Waals surface area contributed by atoms with E-state index >= 15 is 0 Å². The number of nitrogens with one attached hydrogen (secondary N) is 2. The van der Waals surface area contributed by atoms with Crippen molar-refractivity contribution >= 4 is 5.91 Å².